The standard InChI is InChI=1S/C22H18BrNO4/c23-20-3-1-2-17(12-20)14-27-21-10-8-19(9-11-21)18-6-4-16(5-7-18)13-24-28-15-22(25)26/h1-13H,14-15H2,(H,25,26)/b24-13+. The highest BCUT2D eigenvalue weighted by Gasteiger charge is 2.01. The molecule has 0 spiro atoms. The van der Waals surface area contributed by atoms with Crippen LogP contribution in [0.15, 0.2) is 82.4 Å². The van der Waals surface area contributed by atoms with E-state index < -0.39 is 12.6 Å². The van der Waals surface area contributed by atoms with E-state index in [1.807, 2.05) is 72.8 Å². The van der Waals surface area contributed by atoms with E-state index in [1.54, 1.807) is 0 Å². The summed E-state index contributed by atoms with van der Waals surface area (Å²) >= 11 is 3.46. The summed E-state index contributed by atoms with van der Waals surface area (Å²) in [6, 6.07) is 23.7. The van der Waals surface area contributed by atoms with E-state index in [2.05, 4.69) is 25.9 Å². The second-order valence-electron chi connectivity index (χ2n) is 5.97. The van der Waals surface area contributed by atoms with Crippen molar-refractivity contribution in [3.63, 3.8) is 0 Å². The highest BCUT2D eigenvalue weighted by atomic mass is 79.9. The van der Waals surface area contributed by atoms with Gasteiger partial charge in [-0.2, -0.15) is 0 Å². The van der Waals surface area contributed by atoms with Crippen molar-refractivity contribution in [3.05, 3.63) is 88.4 Å². The number of ether oxygens (including phenoxy) is 1. The number of carbonyl (C=O) groups is 1. The van der Waals surface area contributed by atoms with Crippen molar-refractivity contribution < 1.29 is 19.5 Å². The minimum Gasteiger partial charge on any atom is -0.489 e. The Bertz CT molecular complexity index is 953. The van der Waals surface area contributed by atoms with Crippen molar-refractivity contribution in [2.75, 3.05) is 6.61 Å². The maximum atomic E-state index is 10.4. The first kappa shape index (κ1) is 19.6. The molecule has 0 atom stereocenters. The quantitative estimate of drug-likeness (QED) is 0.390. The van der Waals surface area contributed by atoms with Gasteiger partial charge in [0.2, 0.25) is 6.61 Å². The Morgan fingerprint density at radius 1 is 1.00 bits per heavy atom. The molecule has 142 valence electrons. The summed E-state index contributed by atoms with van der Waals surface area (Å²) in [7, 11) is 0. The van der Waals surface area contributed by atoms with E-state index in [-0.39, 0.29) is 0 Å². The highest BCUT2D eigenvalue weighted by molar-refractivity contribution is 9.10. The molecule has 0 aromatic heterocycles. The molecule has 0 heterocycles. The SMILES string of the molecule is O=C(O)CO/N=C/c1ccc(-c2ccc(OCc3cccc(Br)c3)cc2)cc1. The fraction of sp³-hybridized carbons (Fsp3) is 0.0909. The topological polar surface area (TPSA) is 68.1 Å². The van der Waals surface area contributed by atoms with Crippen molar-refractivity contribution in [2.24, 2.45) is 5.16 Å². The van der Waals surface area contributed by atoms with Crippen LogP contribution in [0.4, 0.5) is 0 Å². The number of aliphatic carboxylic acids is 1. The van der Waals surface area contributed by atoms with Crippen molar-refractivity contribution in [1.29, 1.82) is 0 Å². The van der Waals surface area contributed by atoms with Crippen LogP contribution in [0.5, 0.6) is 5.75 Å². The first-order chi connectivity index (χ1) is 13.6. The van der Waals surface area contributed by atoms with E-state index in [1.165, 1.54) is 6.21 Å². The average Bonchev–Trinajstić information content (AvgIpc) is 2.70. The minimum absolute atomic E-state index is 0.454. The summed E-state index contributed by atoms with van der Waals surface area (Å²) in [5, 5.41) is 12.1. The van der Waals surface area contributed by atoms with Crippen LogP contribution in [0.1, 0.15) is 11.1 Å². The molecule has 3 aromatic carbocycles. The molecule has 3 aromatic rings. The van der Waals surface area contributed by atoms with Gasteiger partial charge in [-0.25, -0.2) is 4.79 Å². The minimum atomic E-state index is -1.06. The maximum absolute atomic E-state index is 10.4. The summed E-state index contributed by atoms with van der Waals surface area (Å²) in [6.45, 7) is 0.0569. The second-order valence-corrected chi connectivity index (χ2v) is 6.88. The van der Waals surface area contributed by atoms with Gasteiger partial charge in [0.1, 0.15) is 12.4 Å². The van der Waals surface area contributed by atoms with Gasteiger partial charge in [-0.05, 0) is 46.5 Å². The van der Waals surface area contributed by atoms with Gasteiger partial charge in [0.25, 0.3) is 0 Å². The van der Waals surface area contributed by atoms with E-state index in [0.717, 1.165) is 32.5 Å². The van der Waals surface area contributed by atoms with Gasteiger partial charge in [0.05, 0.1) is 6.21 Å². The smallest absolute Gasteiger partial charge is 0.344 e. The molecule has 0 radical (unpaired) electrons. The maximum Gasteiger partial charge on any atom is 0.344 e. The second kappa shape index (κ2) is 9.71. The number of oxime groups is 1. The number of hydrogen-bond donors (Lipinski definition) is 1. The van der Waals surface area contributed by atoms with Crippen molar-refractivity contribution >= 4 is 28.1 Å². The fourth-order valence-corrected chi connectivity index (χ4v) is 2.94. The summed E-state index contributed by atoms with van der Waals surface area (Å²) in [6.07, 6.45) is 1.48. The third-order valence-corrected chi connectivity index (χ3v) is 4.35. The van der Waals surface area contributed by atoms with Gasteiger partial charge in [-0.15, -0.1) is 0 Å². The van der Waals surface area contributed by atoms with Crippen LogP contribution in [-0.2, 0) is 16.2 Å². The zero-order chi connectivity index (χ0) is 19.8. The Morgan fingerprint density at radius 3 is 2.32 bits per heavy atom. The van der Waals surface area contributed by atoms with Crippen molar-refractivity contribution in [2.45, 2.75) is 6.61 Å². The van der Waals surface area contributed by atoms with Crippen LogP contribution in [-0.4, -0.2) is 23.9 Å². The Kier molecular flexibility index (Phi) is 6.81. The third kappa shape index (κ3) is 5.96. The van der Waals surface area contributed by atoms with Gasteiger partial charge in [-0.1, -0.05) is 69.6 Å². The van der Waals surface area contributed by atoms with Crippen LogP contribution < -0.4 is 4.74 Å². The number of benzene rings is 3. The largest absolute Gasteiger partial charge is 0.489 e. The Morgan fingerprint density at radius 2 is 1.68 bits per heavy atom. The monoisotopic (exact) mass is 439 g/mol. The number of halogens is 1. The summed E-state index contributed by atoms with van der Waals surface area (Å²) in [5.41, 5.74) is 4.05. The zero-order valence-corrected chi connectivity index (χ0v) is 16.5. The molecule has 0 unspecified atom stereocenters. The Labute approximate surface area is 171 Å². The van der Waals surface area contributed by atoms with E-state index >= 15 is 0 Å². The molecular weight excluding hydrogens is 422 g/mol. The van der Waals surface area contributed by atoms with E-state index in [9.17, 15) is 4.79 Å². The predicted octanol–water partition coefficient (Wildman–Crippen LogP) is 5.13. The Hall–Kier alpha value is -3.12. The van der Waals surface area contributed by atoms with Gasteiger partial charge < -0.3 is 14.7 Å². The lowest BCUT2D eigenvalue weighted by atomic mass is 10.0. The number of hydrogen-bond acceptors (Lipinski definition) is 4. The third-order valence-electron chi connectivity index (χ3n) is 3.86. The Balaban J connectivity index is 1.57. The first-order valence-corrected chi connectivity index (χ1v) is 9.34. The molecule has 0 saturated carbocycles. The molecule has 0 aliphatic heterocycles. The van der Waals surface area contributed by atoms with Gasteiger partial charge in [0, 0.05) is 4.47 Å². The number of carboxylic acid groups (broad SMARTS) is 1. The molecule has 6 heteroatoms. The molecule has 0 aliphatic carbocycles. The fourth-order valence-electron chi connectivity index (χ4n) is 2.49. The molecule has 0 amide bonds. The van der Waals surface area contributed by atoms with Gasteiger partial charge >= 0.3 is 5.97 Å². The van der Waals surface area contributed by atoms with Gasteiger partial charge in [0.15, 0.2) is 0 Å². The lowest BCUT2D eigenvalue weighted by molar-refractivity contribution is -0.142. The molecule has 0 bridgehead atoms. The summed E-state index contributed by atoms with van der Waals surface area (Å²) in [5.74, 6) is -0.250. The lowest BCUT2D eigenvalue weighted by Crippen LogP contribution is -2.03. The lowest BCUT2D eigenvalue weighted by Gasteiger charge is -2.08. The molecule has 0 fully saturated rings. The average molecular weight is 440 g/mol. The molecule has 1 N–H and O–H groups in total. The van der Waals surface area contributed by atoms with Crippen LogP contribution in [0, 0.1) is 0 Å². The van der Waals surface area contributed by atoms with Crippen LogP contribution >= 0.6 is 15.9 Å². The first-order valence-electron chi connectivity index (χ1n) is 8.55. The van der Waals surface area contributed by atoms with Crippen LogP contribution in [0.25, 0.3) is 11.1 Å². The molecular formula is C22H18BrNO4. The molecule has 5 nitrogen and oxygen atoms in total. The predicted molar refractivity (Wildman–Crippen MR) is 112 cm³/mol. The van der Waals surface area contributed by atoms with Crippen molar-refractivity contribution in [3.8, 4) is 16.9 Å². The molecule has 3 rings (SSSR count). The molecule has 0 saturated heterocycles. The number of nitrogens with zero attached hydrogens (tertiary/aromatic N) is 1. The highest BCUT2D eigenvalue weighted by Crippen LogP contribution is 2.23. The number of rotatable bonds is 8. The van der Waals surface area contributed by atoms with Crippen LogP contribution in [0.3, 0.4) is 0 Å². The zero-order valence-electron chi connectivity index (χ0n) is 14.9. The summed E-state index contributed by atoms with van der Waals surface area (Å²) in [4.78, 5) is 15.0. The van der Waals surface area contributed by atoms with E-state index in [0.29, 0.717) is 6.61 Å². The normalized spacial score (nSPS) is 10.8. The van der Waals surface area contributed by atoms with Crippen molar-refractivity contribution in [1.82, 2.24) is 0 Å². The van der Waals surface area contributed by atoms with Crippen LogP contribution in [0.2, 0.25) is 0 Å². The van der Waals surface area contributed by atoms with E-state index in [4.69, 9.17) is 9.84 Å². The van der Waals surface area contributed by atoms with Gasteiger partial charge in [-0.3, -0.25) is 0 Å². The summed E-state index contributed by atoms with van der Waals surface area (Å²) < 4.78 is 6.87. The molecule has 28 heavy (non-hydrogen) atoms. The number of carboxylic acids is 1. The molecule has 0 aliphatic rings.